The number of thioether (sulfide) groups is 1. The fraction of sp³-hybridized carbons (Fsp3) is 0.404. The van der Waals surface area contributed by atoms with Crippen LogP contribution < -0.4 is 59.0 Å². The van der Waals surface area contributed by atoms with Crippen molar-refractivity contribution in [1.82, 2.24) is 26.1 Å². The van der Waals surface area contributed by atoms with Gasteiger partial charge in [0.05, 0.1) is 50.3 Å². The summed E-state index contributed by atoms with van der Waals surface area (Å²) >= 11 is 0.281. The van der Waals surface area contributed by atoms with Crippen molar-refractivity contribution < 1.29 is 154 Å². The molecule has 0 aliphatic rings. The Labute approximate surface area is 534 Å². The monoisotopic (exact) mass is 1400 g/mol. The SMILES string of the molecule is CCCCN(Oc1ccc2cc([C@H](C)C(=O)O)ccc2c1)C(=O)CNC(=O)CNC(=O)CNC(=O)CSC(C)=O.CCCCN(Oc1ccc2cc([C@H](C)C(=O)O)ccc2c1)C(=O)C[N-]C(=O)C[N-]C(=O)C[N-]C(=O)C[S-].[Na+].[O]=[99Tc+4].[O]=[Tc](=[O])(=[O])[O-]. The first-order valence-electron chi connectivity index (χ1n) is 25.0. The van der Waals surface area contributed by atoms with E-state index in [2.05, 4.69) is 44.5 Å². The van der Waals surface area contributed by atoms with Gasteiger partial charge in [0.1, 0.15) is 0 Å². The van der Waals surface area contributed by atoms with Crippen LogP contribution in [0, 0.1) is 0 Å². The van der Waals surface area contributed by atoms with E-state index >= 15 is 0 Å². The van der Waals surface area contributed by atoms with E-state index in [0.717, 1.165) is 70.1 Å². The van der Waals surface area contributed by atoms with Crippen molar-refractivity contribution in [1.29, 1.82) is 0 Å². The standard InChI is InChI=1S/C27H34N4O8S.C25H32N4O7S.Na.5O.2Tc/c1-4-5-10-31(39-22-9-8-20-11-19(17(2)27(37)38)6-7-21(20)12-22)26(36)15-30-24(34)13-28-23(33)14-29-25(35)16-40-18(3)32;1-3-4-9-29(24(33)14-28-22(31)12-26-21(30)13-27-23(32)15-37)36-20-8-7-18-10-17(16(2)25(34)35)5-6-19(18)11-20;;;;;;;;/h6-9,11-12,17H,4-5,10,13-16H2,1-3H3,(H,28,33)(H,29,35)(H,30,34)(H,37,38);5-8,10-11,16H,3-4,9,12-15H2,1-2H3,(H5,26,27,28,30,31,32,34,35,37);;;;;;;;/q;;+1;;;;;-1;+4;/p-4/t17-;16-;;;;;;;;/m00......../s1/i;;;;;;;;1+1;. The van der Waals surface area contributed by atoms with Gasteiger partial charge in [-0.2, -0.15) is 10.1 Å². The van der Waals surface area contributed by atoms with Crippen molar-refractivity contribution >= 4 is 110 Å². The van der Waals surface area contributed by atoms with E-state index in [1.54, 1.807) is 86.6 Å². The first-order chi connectivity index (χ1) is 39.6. The molecule has 2 atom stereocenters. The van der Waals surface area contributed by atoms with E-state index in [-0.39, 0.29) is 72.4 Å². The fourth-order valence-corrected chi connectivity index (χ4v) is 6.91. The number of carboxylic acid groups (broad SMARTS) is 2. The van der Waals surface area contributed by atoms with Gasteiger partial charge in [-0.05, 0) is 90.2 Å². The molecule has 0 bridgehead atoms. The maximum absolute atomic E-state index is 12.8. The molecule has 33 heteroatoms. The Morgan fingerprint density at radius 2 is 0.965 bits per heavy atom. The van der Waals surface area contributed by atoms with Crippen molar-refractivity contribution in [3.05, 3.63) is 99.9 Å². The van der Waals surface area contributed by atoms with Crippen molar-refractivity contribution in [2.75, 3.05) is 63.9 Å². The number of rotatable bonds is 29. The van der Waals surface area contributed by atoms with Crippen LogP contribution in [0.5, 0.6) is 11.5 Å². The van der Waals surface area contributed by atoms with Crippen molar-refractivity contribution in [2.24, 2.45) is 0 Å². The third kappa shape index (κ3) is 33.7. The third-order valence-electron chi connectivity index (χ3n) is 10.9. The second-order valence-electron chi connectivity index (χ2n) is 17.3. The molecule has 4 aromatic carbocycles. The summed E-state index contributed by atoms with van der Waals surface area (Å²) in [6, 6.07) is 21.0. The number of unbranched alkanes of at least 4 members (excludes halogenated alkanes) is 2. The van der Waals surface area contributed by atoms with Crippen LogP contribution in [0.4, 0.5) is 0 Å². The van der Waals surface area contributed by atoms with Crippen LogP contribution in [0.25, 0.3) is 37.5 Å². The first-order valence-corrected chi connectivity index (χ1v) is 30.4. The number of amides is 8. The van der Waals surface area contributed by atoms with E-state index in [0.29, 0.717) is 35.5 Å². The molecule has 85 heavy (non-hydrogen) atoms. The van der Waals surface area contributed by atoms with Gasteiger partial charge in [0.2, 0.25) is 23.6 Å². The summed E-state index contributed by atoms with van der Waals surface area (Å²) in [4.78, 5) is 140. The molecule has 4 rings (SSSR count). The fourth-order valence-electron chi connectivity index (χ4n) is 6.38. The molecular formula is C52H62N8NaO20S2Tc2. The Morgan fingerprint density at radius 3 is 1.36 bits per heavy atom. The Kier molecular flexibility index (Phi) is 39.1. The number of aliphatic carboxylic acids is 2. The minimum atomic E-state index is -5.94. The van der Waals surface area contributed by atoms with E-state index in [1.807, 2.05) is 13.8 Å². The molecule has 0 aromatic heterocycles. The van der Waals surface area contributed by atoms with Gasteiger partial charge in [-0.1, -0.05) is 100 Å². The second kappa shape index (κ2) is 42.4. The molecule has 4 aromatic rings. The normalized spacial score (nSPS) is 11.0. The molecule has 0 saturated heterocycles. The number of hydrogen-bond acceptors (Lipinski definition) is 20. The minimum absolute atomic E-state index is 0. The number of carboxylic acids is 2. The van der Waals surface area contributed by atoms with Crippen LogP contribution in [0.2, 0.25) is 0 Å². The summed E-state index contributed by atoms with van der Waals surface area (Å²) in [5.74, 6) is -7.55. The van der Waals surface area contributed by atoms with Crippen LogP contribution in [0.1, 0.15) is 83.3 Å². The number of carbonyl (C=O) groups is 11. The number of hydrogen-bond donors (Lipinski definition) is 5. The van der Waals surface area contributed by atoms with Crippen molar-refractivity contribution in [3.63, 3.8) is 0 Å². The van der Waals surface area contributed by atoms with Gasteiger partial charge in [0.25, 0.3) is 5.91 Å². The summed E-state index contributed by atoms with van der Waals surface area (Å²) in [5.41, 5.74) is 1.35. The van der Waals surface area contributed by atoms with Gasteiger partial charge in [0.15, 0.2) is 16.6 Å². The molecule has 0 aliphatic carbocycles. The number of hydroxylamine groups is 4. The van der Waals surface area contributed by atoms with Gasteiger partial charge >= 0.3 is 93.8 Å². The zero-order valence-corrected chi connectivity index (χ0v) is 54.4. The predicted molar refractivity (Wildman–Crippen MR) is 291 cm³/mol. The Morgan fingerprint density at radius 1 is 0.600 bits per heavy atom. The molecule has 457 valence electrons. The molecule has 0 radical (unpaired) electrons. The summed E-state index contributed by atoms with van der Waals surface area (Å²) in [6.07, 6.45) is 2.92. The summed E-state index contributed by atoms with van der Waals surface area (Å²) < 4.78 is 42.7. The van der Waals surface area contributed by atoms with Gasteiger partial charge in [-0.15, -0.1) is 5.75 Å². The van der Waals surface area contributed by atoms with Crippen LogP contribution >= 0.6 is 11.8 Å². The van der Waals surface area contributed by atoms with Crippen LogP contribution in [0.15, 0.2) is 72.8 Å². The van der Waals surface area contributed by atoms with Gasteiger partial charge in [0, 0.05) is 24.6 Å². The van der Waals surface area contributed by atoms with Gasteiger partial charge in [-0.25, -0.2) is 0 Å². The topological polar surface area (TPSA) is 423 Å². The predicted octanol–water partition coefficient (Wildman–Crippen LogP) is 0.112. The number of nitrogens with one attached hydrogen (secondary N) is 3. The van der Waals surface area contributed by atoms with Crippen LogP contribution in [0.3, 0.4) is 0 Å². The molecule has 0 aliphatic heterocycles. The average Bonchev–Trinajstić information content (AvgIpc) is 3.20. The van der Waals surface area contributed by atoms with Crippen LogP contribution in [-0.2, 0) is 114 Å². The molecular weight excluding hydrogens is 1340 g/mol. The Hall–Kier alpha value is -6.47. The van der Waals surface area contributed by atoms with Crippen LogP contribution in [-0.4, -0.2) is 149 Å². The molecule has 0 heterocycles. The third-order valence-corrected chi connectivity index (χ3v) is 11.9. The molecule has 0 fully saturated rings. The summed E-state index contributed by atoms with van der Waals surface area (Å²) in [5, 5.41) is 41.4. The molecule has 28 nitrogen and oxygen atoms in total. The zero-order chi connectivity index (χ0) is 63.5. The van der Waals surface area contributed by atoms with Crippen molar-refractivity contribution in [2.45, 2.75) is 72.1 Å². The van der Waals surface area contributed by atoms with E-state index in [9.17, 15) is 63.0 Å². The summed E-state index contributed by atoms with van der Waals surface area (Å²) in [6.45, 7) is 6.37. The molecule has 5 N–H and O–H groups in total. The molecule has 8 amide bonds. The number of fused-ring (bicyclic) bond motifs is 2. The number of benzene rings is 4. The molecule has 0 spiro atoms. The Bertz CT molecular complexity index is 3130. The Balaban J connectivity index is 0.00000148. The number of carbonyl (C=O) groups excluding carboxylic acids is 9. The van der Waals surface area contributed by atoms with E-state index < -0.39 is 113 Å². The number of nitrogens with zero attached hydrogens (tertiary/aromatic N) is 5. The second-order valence-corrected chi connectivity index (χ2v) is 20.6. The van der Waals surface area contributed by atoms with E-state index in [1.165, 1.54) is 12.0 Å². The first kappa shape index (κ1) is 78.5. The quantitative estimate of drug-likeness (QED) is 0.0274. The zero-order valence-electron chi connectivity index (χ0n) is 47.0. The average molecular weight is 1400 g/mol. The van der Waals surface area contributed by atoms with E-state index in [4.69, 9.17) is 27.6 Å². The maximum atomic E-state index is 12.8. The molecule has 0 saturated carbocycles. The van der Waals surface area contributed by atoms with Gasteiger partial charge < -0.3 is 78.8 Å². The van der Waals surface area contributed by atoms with Crippen molar-refractivity contribution in [3.8, 4) is 11.5 Å². The molecule has 0 unspecified atom stereocenters. The van der Waals surface area contributed by atoms with Gasteiger partial charge in [-0.3, -0.25) is 38.4 Å². The summed E-state index contributed by atoms with van der Waals surface area (Å²) in [7, 11) is 0.